The number of carbonyl (C=O) groups excluding carboxylic acids is 1. The van der Waals surface area contributed by atoms with Crippen LogP contribution < -0.4 is 0 Å². The van der Waals surface area contributed by atoms with E-state index in [0.29, 0.717) is 30.3 Å². The summed E-state index contributed by atoms with van der Waals surface area (Å²) in [6.45, 7) is 16.9. The molecule has 1 aliphatic heterocycles. The predicted octanol–water partition coefficient (Wildman–Crippen LogP) is 6.03. The summed E-state index contributed by atoms with van der Waals surface area (Å²) in [5.74, 6) is 2.43. The van der Waals surface area contributed by atoms with Crippen molar-refractivity contribution in [3.05, 3.63) is 12.2 Å². The summed E-state index contributed by atoms with van der Waals surface area (Å²) in [6.07, 6.45) is 11.2. The van der Waals surface area contributed by atoms with Crippen LogP contribution in [-0.2, 0) is 14.3 Å². The summed E-state index contributed by atoms with van der Waals surface area (Å²) in [5, 5.41) is 0. The van der Waals surface area contributed by atoms with Crippen LogP contribution in [0.15, 0.2) is 12.2 Å². The number of hydrogen-bond donors (Lipinski definition) is 0. The van der Waals surface area contributed by atoms with Gasteiger partial charge in [-0.2, -0.15) is 0 Å². The van der Waals surface area contributed by atoms with Gasteiger partial charge in [-0.25, -0.2) is 0 Å². The van der Waals surface area contributed by atoms with Crippen molar-refractivity contribution in [2.75, 3.05) is 13.2 Å². The molecular formula is C24H42O3. The maximum absolute atomic E-state index is 12.6. The molecule has 0 amide bonds. The first kappa shape index (κ1) is 22.5. The maximum atomic E-state index is 12.6. The lowest BCUT2D eigenvalue weighted by Crippen LogP contribution is -2.41. The van der Waals surface area contributed by atoms with Crippen LogP contribution in [0.25, 0.3) is 0 Å². The van der Waals surface area contributed by atoms with Crippen molar-refractivity contribution in [1.29, 1.82) is 0 Å². The van der Waals surface area contributed by atoms with E-state index in [4.69, 9.17) is 9.47 Å². The fraction of sp³-hybridized carbons (Fsp3) is 0.875. The topological polar surface area (TPSA) is 38.8 Å². The van der Waals surface area contributed by atoms with Crippen molar-refractivity contribution in [3.63, 3.8) is 0 Å². The second-order valence-corrected chi connectivity index (χ2v) is 10.4. The van der Waals surface area contributed by atoms with Crippen molar-refractivity contribution in [2.24, 2.45) is 34.5 Å². The van der Waals surface area contributed by atoms with E-state index in [-0.39, 0.29) is 17.5 Å². The lowest BCUT2D eigenvalue weighted by Gasteiger charge is -2.46. The van der Waals surface area contributed by atoms with Crippen molar-refractivity contribution < 1.29 is 14.3 Å². The highest BCUT2D eigenvalue weighted by Crippen LogP contribution is 2.49. The Morgan fingerprint density at radius 1 is 1.11 bits per heavy atom. The molecule has 0 spiro atoms. The van der Waals surface area contributed by atoms with Crippen LogP contribution in [0.3, 0.4) is 0 Å². The number of allylic oxidation sites excluding steroid dienone is 2. The SMILES string of the molecule is CCCCCC1C=CC(C(C)(C)CC(C)(C)C(=O)OCC2CO2)C(C)C1C. The molecule has 1 aliphatic carbocycles. The van der Waals surface area contributed by atoms with Gasteiger partial charge >= 0.3 is 5.97 Å². The molecule has 3 heteroatoms. The summed E-state index contributed by atoms with van der Waals surface area (Å²) in [4.78, 5) is 12.6. The largest absolute Gasteiger partial charge is 0.462 e. The van der Waals surface area contributed by atoms with Crippen LogP contribution >= 0.6 is 0 Å². The van der Waals surface area contributed by atoms with Crippen molar-refractivity contribution in [3.8, 4) is 0 Å². The highest BCUT2D eigenvalue weighted by atomic mass is 16.6. The third-order valence-corrected chi connectivity index (χ3v) is 6.93. The maximum Gasteiger partial charge on any atom is 0.311 e. The second-order valence-electron chi connectivity index (χ2n) is 10.4. The molecule has 1 heterocycles. The zero-order valence-electron chi connectivity index (χ0n) is 18.7. The molecule has 0 radical (unpaired) electrons. The van der Waals surface area contributed by atoms with E-state index in [1.165, 1.54) is 25.7 Å². The smallest absolute Gasteiger partial charge is 0.311 e. The van der Waals surface area contributed by atoms with Crippen LogP contribution in [0.2, 0.25) is 0 Å². The van der Waals surface area contributed by atoms with Gasteiger partial charge in [-0.05, 0) is 55.8 Å². The van der Waals surface area contributed by atoms with Gasteiger partial charge in [-0.15, -0.1) is 0 Å². The Balaban J connectivity index is 1.99. The Morgan fingerprint density at radius 2 is 1.78 bits per heavy atom. The minimum atomic E-state index is -0.479. The summed E-state index contributed by atoms with van der Waals surface area (Å²) in [7, 11) is 0. The van der Waals surface area contributed by atoms with Gasteiger partial charge in [0.2, 0.25) is 0 Å². The molecular weight excluding hydrogens is 336 g/mol. The van der Waals surface area contributed by atoms with Crippen molar-refractivity contribution in [2.45, 2.75) is 86.7 Å². The number of rotatable bonds is 10. The number of ether oxygens (including phenoxy) is 2. The van der Waals surface area contributed by atoms with E-state index >= 15 is 0 Å². The molecule has 0 aromatic carbocycles. The van der Waals surface area contributed by atoms with Gasteiger partial charge in [0.25, 0.3) is 0 Å². The van der Waals surface area contributed by atoms with Gasteiger partial charge in [-0.1, -0.05) is 66.0 Å². The molecule has 0 bridgehead atoms. The predicted molar refractivity (Wildman–Crippen MR) is 111 cm³/mol. The lowest BCUT2D eigenvalue weighted by atomic mass is 9.59. The Kier molecular flexibility index (Phi) is 7.58. The van der Waals surface area contributed by atoms with Gasteiger partial charge in [0.15, 0.2) is 0 Å². The van der Waals surface area contributed by atoms with E-state index in [1.54, 1.807) is 0 Å². The number of esters is 1. The summed E-state index contributed by atoms with van der Waals surface area (Å²) < 4.78 is 10.7. The molecule has 5 atom stereocenters. The minimum absolute atomic E-state index is 0.0527. The fourth-order valence-corrected chi connectivity index (χ4v) is 5.15. The molecule has 156 valence electrons. The molecule has 5 unspecified atom stereocenters. The van der Waals surface area contributed by atoms with Gasteiger partial charge in [0.05, 0.1) is 12.0 Å². The molecule has 3 nitrogen and oxygen atoms in total. The van der Waals surface area contributed by atoms with Crippen LogP contribution in [-0.4, -0.2) is 25.3 Å². The Morgan fingerprint density at radius 3 is 2.37 bits per heavy atom. The fourth-order valence-electron chi connectivity index (χ4n) is 5.15. The molecule has 0 aromatic heterocycles. The molecule has 1 saturated heterocycles. The summed E-state index contributed by atoms with van der Waals surface area (Å²) >= 11 is 0. The average Bonchev–Trinajstić information content (AvgIpc) is 3.39. The molecule has 1 fully saturated rings. The van der Waals surface area contributed by atoms with Gasteiger partial charge in [-0.3, -0.25) is 4.79 Å². The van der Waals surface area contributed by atoms with E-state index < -0.39 is 5.41 Å². The molecule has 2 rings (SSSR count). The highest BCUT2D eigenvalue weighted by Gasteiger charge is 2.44. The van der Waals surface area contributed by atoms with Gasteiger partial charge < -0.3 is 9.47 Å². The summed E-state index contributed by atoms with van der Waals surface area (Å²) in [5.41, 5.74) is -0.426. The van der Waals surface area contributed by atoms with E-state index in [9.17, 15) is 4.79 Å². The van der Waals surface area contributed by atoms with Gasteiger partial charge in [0, 0.05) is 0 Å². The Labute approximate surface area is 167 Å². The molecule has 0 aromatic rings. The standard InChI is InChI=1S/C24H42O3/c1-8-9-10-11-19-12-13-21(18(3)17(19)2)23(4,5)16-24(6,7)22(25)27-15-20-14-26-20/h12-13,17-21H,8-11,14-16H2,1-7H3. The van der Waals surface area contributed by atoms with Crippen LogP contribution in [0.4, 0.5) is 0 Å². The molecule has 2 aliphatic rings. The van der Waals surface area contributed by atoms with E-state index in [1.807, 2.05) is 13.8 Å². The first-order chi connectivity index (χ1) is 12.6. The Bertz CT molecular complexity index is 516. The number of epoxide rings is 1. The quantitative estimate of drug-likeness (QED) is 0.202. The molecule has 27 heavy (non-hydrogen) atoms. The third-order valence-electron chi connectivity index (χ3n) is 6.93. The number of carbonyl (C=O) groups is 1. The van der Waals surface area contributed by atoms with Crippen molar-refractivity contribution in [1.82, 2.24) is 0 Å². The number of unbranched alkanes of at least 4 members (excludes halogenated alkanes) is 2. The van der Waals surface area contributed by atoms with Crippen molar-refractivity contribution >= 4 is 5.97 Å². The van der Waals surface area contributed by atoms with Gasteiger partial charge in [0.1, 0.15) is 12.7 Å². The third kappa shape index (κ3) is 6.07. The van der Waals surface area contributed by atoms with E-state index in [0.717, 1.165) is 13.0 Å². The molecule has 0 saturated carbocycles. The average molecular weight is 379 g/mol. The van der Waals surface area contributed by atoms with Crippen LogP contribution in [0.5, 0.6) is 0 Å². The highest BCUT2D eigenvalue weighted by molar-refractivity contribution is 5.76. The first-order valence-corrected chi connectivity index (χ1v) is 11.1. The number of hydrogen-bond acceptors (Lipinski definition) is 3. The normalized spacial score (nSPS) is 31.0. The van der Waals surface area contributed by atoms with Crippen LogP contribution in [0, 0.1) is 34.5 Å². The van der Waals surface area contributed by atoms with E-state index in [2.05, 4.69) is 46.8 Å². The second kappa shape index (κ2) is 9.11. The lowest BCUT2D eigenvalue weighted by molar-refractivity contribution is -0.156. The monoisotopic (exact) mass is 378 g/mol. The Hall–Kier alpha value is -0.830. The zero-order chi connectivity index (χ0) is 20.2. The zero-order valence-corrected chi connectivity index (χ0v) is 18.7. The minimum Gasteiger partial charge on any atom is -0.462 e. The summed E-state index contributed by atoms with van der Waals surface area (Å²) in [6, 6.07) is 0. The first-order valence-electron chi connectivity index (χ1n) is 11.1. The van der Waals surface area contributed by atoms with Crippen LogP contribution in [0.1, 0.15) is 80.6 Å². The molecule has 0 N–H and O–H groups in total.